The van der Waals surface area contributed by atoms with Crippen LogP contribution in [0.25, 0.3) is 0 Å². The van der Waals surface area contributed by atoms with Crippen LogP contribution in [0.1, 0.15) is 12.5 Å². The van der Waals surface area contributed by atoms with Gasteiger partial charge in [-0.2, -0.15) is 0 Å². The van der Waals surface area contributed by atoms with E-state index in [1.165, 1.54) is 4.90 Å². The van der Waals surface area contributed by atoms with Gasteiger partial charge in [0.15, 0.2) is 0 Å². The van der Waals surface area contributed by atoms with Crippen molar-refractivity contribution >= 4 is 6.03 Å². The molecule has 0 spiro atoms. The van der Waals surface area contributed by atoms with Crippen molar-refractivity contribution in [2.24, 2.45) is 0 Å². The predicted molar refractivity (Wildman–Crippen MR) is 75.6 cm³/mol. The van der Waals surface area contributed by atoms with Gasteiger partial charge in [-0.05, 0) is 24.6 Å². The first-order valence-electron chi connectivity index (χ1n) is 6.67. The zero-order valence-corrected chi connectivity index (χ0v) is 11.7. The molecule has 3 N–H and O–H groups in total. The minimum Gasteiger partial charge on any atom is -0.494 e. The zero-order chi connectivity index (χ0) is 14.8. The first-order chi connectivity index (χ1) is 9.71. The number of nitrogens with one attached hydrogen (secondary N) is 1. The molecule has 0 fully saturated rings. The average Bonchev–Trinajstić information content (AvgIpc) is 2.46. The van der Waals surface area contributed by atoms with Gasteiger partial charge in [-0.15, -0.1) is 0 Å². The van der Waals surface area contributed by atoms with Gasteiger partial charge in [-0.1, -0.05) is 12.1 Å². The van der Waals surface area contributed by atoms with Crippen LogP contribution in [0, 0.1) is 0 Å². The summed E-state index contributed by atoms with van der Waals surface area (Å²) in [5.74, 6) is 0.796. The molecule has 0 heterocycles. The quantitative estimate of drug-likeness (QED) is 0.651. The Morgan fingerprint density at radius 3 is 2.30 bits per heavy atom. The molecule has 0 aliphatic carbocycles. The minimum absolute atomic E-state index is 0.128. The largest absolute Gasteiger partial charge is 0.494 e. The van der Waals surface area contributed by atoms with Crippen molar-refractivity contribution < 1.29 is 19.7 Å². The highest BCUT2D eigenvalue weighted by atomic mass is 16.5. The van der Waals surface area contributed by atoms with Gasteiger partial charge in [0.05, 0.1) is 19.8 Å². The van der Waals surface area contributed by atoms with Crippen molar-refractivity contribution in [1.29, 1.82) is 0 Å². The second-order valence-electron chi connectivity index (χ2n) is 4.17. The third-order valence-corrected chi connectivity index (χ3v) is 2.71. The summed E-state index contributed by atoms with van der Waals surface area (Å²) in [6, 6.07) is 7.16. The first kappa shape index (κ1) is 16.3. The highest BCUT2D eigenvalue weighted by Gasteiger charge is 2.11. The molecular weight excluding hydrogens is 260 g/mol. The van der Waals surface area contributed by atoms with Gasteiger partial charge >= 0.3 is 6.03 Å². The molecule has 1 rings (SSSR count). The lowest BCUT2D eigenvalue weighted by Crippen LogP contribution is -2.42. The maximum atomic E-state index is 11.8. The smallest absolute Gasteiger partial charge is 0.317 e. The molecule has 0 aliphatic heterocycles. The van der Waals surface area contributed by atoms with Crippen LogP contribution in [0.4, 0.5) is 4.79 Å². The molecule has 0 aromatic heterocycles. The van der Waals surface area contributed by atoms with Crippen molar-refractivity contribution in [3.05, 3.63) is 29.8 Å². The van der Waals surface area contributed by atoms with Crippen molar-refractivity contribution in [2.75, 3.05) is 32.9 Å². The molecule has 0 aliphatic rings. The number of ether oxygens (including phenoxy) is 1. The normalized spacial score (nSPS) is 10.2. The number of nitrogens with zero attached hydrogens (tertiary/aromatic N) is 1. The van der Waals surface area contributed by atoms with Crippen LogP contribution in [0.15, 0.2) is 24.3 Å². The number of aliphatic hydroxyl groups is 2. The Morgan fingerprint density at radius 1 is 1.20 bits per heavy atom. The van der Waals surface area contributed by atoms with E-state index in [4.69, 9.17) is 14.9 Å². The van der Waals surface area contributed by atoms with E-state index < -0.39 is 0 Å². The Bertz CT molecular complexity index is 389. The topological polar surface area (TPSA) is 82.0 Å². The lowest BCUT2D eigenvalue weighted by molar-refractivity contribution is 0.158. The van der Waals surface area contributed by atoms with Gasteiger partial charge < -0.3 is 25.2 Å². The average molecular weight is 282 g/mol. The molecule has 0 unspecified atom stereocenters. The van der Waals surface area contributed by atoms with Crippen LogP contribution in [0.2, 0.25) is 0 Å². The summed E-state index contributed by atoms with van der Waals surface area (Å²) in [6.45, 7) is 3.08. The molecule has 6 heteroatoms. The Hall–Kier alpha value is -1.79. The third kappa shape index (κ3) is 5.46. The van der Waals surface area contributed by atoms with E-state index in [2.05, 4.69) is 5.32 Å². The fourth-order valence-corrected chi connectivity index (χ4v) is 1.72. The summed E-state index contributed by atoms with van der Waals surface area (Å²) in [6.07, 6.45) is 0. The van der Waals surface area contributed by atoms with Gasteiger partial charge in [-0.3, -0.25) is 0 Å². The first-order valence-corrected chi connectivity index (χ1v) is 6.67. The van der Waals surface area contributed by atoms with Gasteiger partial charge in [0, 0.05) is 19.6 Å². The van der Waals surface area contributed by atoms with E-state index >= 15 is 0 Å². The molecule has 112 valence electrons. The van der Waals surface area contributed by atoms with Gasteiger partial charge in [0.25, 0.3) is 0 Å². The van der Waals surface area contributed by atoms with Crippen LogP contribution >= 0.6 is 0 Å². The number of aliphatic hydroxyl groups excluding tert-OH is 2. The predicted octanol–water partition coefficient (Wildman–Crippen LogP) is 0.581. The Balaban J connectivity index is 2.46. The van der Waals surface area contributed by atoms with Crippen molar-refractivity contribution in [1.82, 2.24) is 10.2 Å². The molecular formula is C14H22N2O4. The van der Waals surface area contributed by atoms with Crippen LogP contribution in [0.5, 0.6) is 5.75 Å². The maximum Gasteiger partial charge on any atom is 0.317 e. The van der Waals surface area contributed by atoms with Crippen molar-refractivity contribution in [3.63, 3.8) is 0 Å². The third-order valence-electron chi connectivity index (χ3n) is 2.71. The lowest BCUT2D eigenvalue weighted by Gasteiger charge is -2.21. The number of hydrogen-bond donors (Lipinski definition) is 3. The summed E-state index contributed by atoms with van der Waals surface area (Å²) in [5.41, 5.74) is 0.953. The number of amides is 2. The fourth-order valence-electron chi connectivity index (χ4n) is 1.72. The molecule has 0 radical (unpaired) electrons. The summed E-state index contributed by atoms with van der Waals surface area (Å²) < 4.78 is 5.34. The number of carbonyl (C=O) groups excluding carboxylic acids is 1. The van der Waals surface area contributed by atoms with E-state index in [1.807, 2.05) is 31.2 Å². The fraction of sp³-hybridized carbons (Fsp3) is 0.500. The number of urea groups is 1. The van der Waals surface area contributed by atoms with Crippen LogP contribution in [0.3, 0.4) is 0 Å². The number of hydrogen-bond acceptors (Lipinski definition) is 4. The summed E-state index contributed by atoms with van der Waals surface area (Å²) in [7, 11) is 0. The number of benzene rings is 1. The molecule has 0 atom stereocenters. The molecule has 0 saturated heterocycles. The second kappa shape index (κ2) is 9.17. The Labute approximate surface area is 119 Å². The van der Waals surface area contributed by atoms with Crippen LogP contribution in [-0.4, -0.2) is 54.1 Å². The zero-order valence-electron chi connectivity index (χ0n) is 11.7. The lowest BCUT2D eigenvalue weighted by atomic mass is 10.2. The highest BCUT2D eigenvalue weighted by molar-refractivity contribution is 5.74. The van der Waals surface area contributed by atoms with E-state index in [9.17, 15) is 4.79 Å². The molecule has 0 saturated carbocycles. The SMILES string of the molecule is CCOc1ccc(CNC(=O)N(CCO)CCO)cc1. The van der Waals surface area contributed by atoms with Crippen molar-refractivity contribution in [3.8, 4) is 5.75 Å². The summed E-state index contributed by atoms with van der Waals surface area (Å²) >= 11 is 0. The van der Waals surface area contributed by atoms with Crippen LogP contribution < -0.4 is 10.1 Å². The van der Waals surface area contributed by atoms with Crippen LogP contribution in [-0.2, 0) is 6.54 Å². The summed E-state index contributed by atoms with van der Waals surface area (Å²) in [5, 5.41) is 20.5. The van der Waals surface area contributed by atoms with E-state index in [0.717, 1.165) is 11.3 Å². The number of carbonyl (C=O) groups is 1. The number of rotatable bonds is 8. The standard InChI is InChI=1S/C14H22N2O4/c1-2-20-13-5-3-12(4-6-13)11-15-14(19)16(7-9-17)8-10-18/h3-6,17-18H,2,7-11H2,1H3,(H,15,19). The minimum atomic E-state index is -0.304. The molecule has 0 bridgehead atoms. The second-order valence-corrected chi connectivity index (χ2v) is 4.17. The van der Waals surface area contributed by atoms with E-state index in [0.29, 0.717) is 13.2 Å². The monoisotopic (exact) mass is 282 g/mol. The molecule has 2 amide bonds. The maximum absolute atomic E-state index is 11.8. The Kier molecular flexibility index (Phi) is 7.46. The molecule has 1 aromatic carbocycles. The molecule has 20 heavy (non-hydrogen) atoms. The van der Waals surface area contributed by atoms with Crippen molar-refractivity contribution in [2.45, 2.75) is 13.5 Å². The highest BCUT2D eigenvalue weighted by Crippen LogP contribution is 2.11. The van der Waals surface area contributed by atoms with Gasteiger partial charge in [0.2, 0.25) is 0 Å². The van der Waals surface area contributed by atoms with Gasteiger partial charge in [0.1, 0.15) is 5.75 Å². The van der Waals surface area contributed by atoms with Gasteiger partial charge in [-0.25, -0.2) is 4.79 Å². The van der Waals surface area contributed by atoms with E-state index in [1.54, 1.807) is 0 Å². The Morgan fingerprint density at radius 2 is 1.80 bits per heavy atom. The molecule has 6 nitrogen and oxygen atoms in total. The molecule has 1 aromatic rings. The summed E-state index contributed by atoms with van der Waals surface area (Å²) in [4.78, 5) is 13.2. The van der Waals surface area contributed by atoms with E-state index in [-0.39, 0.29) is 32.3 Å².